The summed E-state index contributed by atoms with van der Waals surface area (Å²) in [7, 11) is 0. The molecule has 0 aromatic carbocycles. The monoisotopic (exact) mass is 320 g/mol. The largest absolute Gasteiger partial charge is 0.353 e. The van der Waals surface area contributed by atoms with E-state index in [2.05, 4.69) is 27.2 Å². The molecular formula is C16H24N4OS. The van der Waals surface area contributed by atoms with Crippen LogP contribution in [-0.4, -0.2) is 58.7 Å². The molecule has 0 saturated carbocycles. The Morgan fingerprint density at radius 1 is 1.27 bits per heavy atom. The van der Waals surface area contributed by atoms with Crippen LogP contribution >= 0.6 is 11.8 Å². The van der Waals surface area contributed by atoms with Crippen molar-refractivity contribution in [3.8, 4) is 0 Å². The van der Waals surface area contributed by atoms with Gasteiger partial charge in [0.2, 0.25) is 5.91 Å². The standard InChI is InChI=1S/C16H24N4OS/c1-13(21)20-6-2-3-14(12-20)11-15-4-5-16(18-17-15)19-7-9-22-10-8-19/h4-5,14H,2-3,6-12H2,1H3/t14-/m0/s1. The van der Waals surface area contributed by atoms with Crippen molar-refractivity contribution in [2.24, 2.45) is 5.92 Å². The van der Waals surface area contributed by atoms with E-state index in [1.54, 1.807) is 6.92 Å². The number of carbonyl (C=O) groups excluding carboxylic acids is 1. The first-order chi connectivity index (χ1) is 10.7. The molecule has 1 aromatic heterocycles. The van der Waals surface area contributed by atoms with Gasteiger partial charge in [-0.15, -0.1) is 5.10 Å². The number of hydrogen-bond donors (Lipinski definition) is 0. The van der Waals surface area contributed by atoms with Gasteiger partial charge in [0.1, 0.15) is 0 Å². The van der Waals surface area contributed by atoms with Crippen LogP contribution < -0.4 is 4.90 Å². The molecule has 2 fully saturated rings. The minimum atomic E-state index is 0.189. The quantitative estimate of drug-likeness (QED) is 0.850. The Morgan fingerprint density at radius 3 is 2.77 bits per heavy atom. The van der Waals surface area contributed by atoms with Crippen molar-refractivity contribution < 1.29 is 4.79 Å². The van der Waals surface area contributed by atoms with E-state index < -0.39 is 0 Å². The third-order valence-electron chi connectivity index (χ3n) is 4.50. The fraction of sp³-hybridized carbons (Fsp3) is 0.688. The van der Waals surface area contributed by atoms with Crippen LogP contribution in [0, 0.1) is 5.92 Å². The van der Waals surface area contributed by atoms with Crippen molar-refractivity contribution in [2.45, 2.75) is 26.2 Å². The normalized spacial score (nSPS) is 22.7. The van der Waals surface area contributed by atoms with Crippen molar-refractivity contribution in [1.29, 1.82) is 0 Å². The minimum absolute atomic E-state index is 0.189. The predicted molar refractivity (Wildman–Crippen MR) is 90.3 cm³/mol. The molecule has 0 spiro atoms. The highest BCUT2D eigenvalue weighted by Gasteiger charge is 2.22. The lowest BCUT2D eigenvalue weighted by atomic mass is 9.93. The molecule has 22 heavy (non-hydrogen) atoms. The first kappa shape index (κ1) is 15.6. The molecule has 2 aliphatic rings. The number of nitrogens with zero attached hydrogens (tertiary/aromatic N) is 4. The second-order valence-electron chi connectivity index (χ2n) is 6.16. The molecular weight excluding hydrogens is 296 g/mol. The van der Waals surface area contributed by atoms with E-state index in [9.17, 15) is 4.79 Å². The van der Waals surface area contributed by atoms with E-state index in [0.717, 1.165) is 50.5 Å². The van der Waals surface area contributed by atoms with Crippen molar-refractivity contribution >= 4 is 23.5 Å². The number of rotatable bonds is 3. The lowest BCUT2D eigenvalue weighted by Crippen LogP contribution is -2.39. The Hall–Kier alpha value is -1.30. The molecule has 3 heterocycles. The summed E-state index contributed by atoms with van der Waals surface area (Å²) < 4.78 is 0. The maximum atomic E-state index is 11.5. The van der Waals surface area contributed by atoms with Crippen molar-refractivity contribution in [3.05, 3.63) is 17.8 Å². The van der Waals surface area contributed by atoms with Gasteiger partial charge in [-0.3, -0.25) is 4.79 Å². The Balaban J connectivity index is 1.57. The summed E-state index contributed by atoms with van der Waals surface area (Å²) in [5.41, 5.74) is 1.05. The molecule has 1 aromatic rings. The van der Waals surface area contributed by atoms with Crippen LogP contribution in [0.5, 0.6) is 0 Å². The molecule has 0 aliphatic carbocycles. The van der Waals surface area contributed by atoms with Crippen LogP contribution in [0.1, 0.15) is 25.5 Å². The number of amides is 1. The zero-order chi connectivity index (χ0) is 15.4. The fourth-order valence-electron chi connectivity index (χ4n) is 3.24. The number of carbonyl (C=O) groups is 1. The highest BCUT2D eigenvalue weighted by molar-refractivity contribution is 7.99. The van der Waals surface area contributed by atoms with E-state index in [1.165, 1.54) is 17.9 Å². The number of anilines is 1. The van der Waals surface area contributed by atoms with Gasteiger partial charge in [0.05, 0.1) is 5.69 Å². The minimum Gasteiger partial charge on any atom is -0.353 e. The Morgan fingerprint density at radius 2 is 2.09 bits per heavy atom. The average molecular weight is 320 g/mol. The van der Waals surface area contributed by atoms with Gasteiger partial charge in [0.25, 0.3) is 0 Å². The molecule has 1 amide bonds. The van der Waals surface area contributed by atoms with Crippen molar-refractivity contribution in [1.82, 2.24) is 15.1 Å². The second-order valence-corrected chi connectivity index (χ2v) is 7.38. The van der Waals surface area contributed by atoms with Gasteiger partial charge >= 0.3 is 0 Å². The van der Waals surface area contributed by atoms with Gasteiger partial charge in [0.15, 0.2) is 5.82 Å². The van der Waals surface area contributed by atoms with E-state index >= 15 is 0 Å². The molecule has 3 rings (SSSR count). The van der Waals surface area contributed by atoms with Gasteiger partial charge in [-0.25, -0.2) is 0 Å². The van der Waals surface area contributed by atoms with Crippen LogP contribution in [0.2, 0.25) is 0 Å². The number of thioether (sulfide) groups is 1. The fourth-order valence-corrected chi connectivity index (χ4v) is 4.14. The lowest BCUT2D eigenvalue weighted by molar-refractivity contribution is -0.130. The Kier molecular flexibility index (Phi) is 5.18. The number of piperidine rings is 1. The molecule has 120 valence electrons. The predicted octanol–water partition coefficient (Wildman–Crippen LogP) is 1.83. The zero-order valence-corrected chi connectivity index (χ0v) is 14.0. The second kappa shape index (κ2) is 7.31. The summed E-state index contributed by atoms with van der Waals surface area (Å²) in [4.78, 5) is 15.8. The van der Waals surface area contributed by atoms with Crippen LogP contribution in [0.15, 0.2) is 12.1 Å². The summed E-state index contributed by atoms with van der Waals surface area (Å²) in [6, 6.07) is 4.21. The van der Waals surface area contributed by atoms with Gasteiger partial charge in [-0.2, -0.15) is 16.9 Å². The van der Waals surface area contributed by atoms with Gasteiger partial charge in [-0.05, 0) is 37.3 Å². The lowest BCUT2D eigenvalue weighted by Gasteiger charge is -2.32. The molecule has 1 atom stereocenters. The first-order valence-corrected chi connectivity index (χ1v) is 9.28. The van der Waals surface area contributed by atoms with Gasteiger partial charge in [-0.1, -0.05) is 0 Å². The van der Waals surface area contributed by atoms with Crippen LogP contribution in [0.25, 0.3) is 0 Å². The number of aromatic nitrogens is 2. The van der Waals surface area contributed by atoms with E-state index in [4.69, 9.17) is 0 Å². The van der Waals surface area contributed by atoms with Crippen LogP contribution in [0.3, 0.4) is 0 Å². The molecule has 0 radical (unpaired) electrons. The van der Waals surface area contributed by atoms with Gasteiger partial charge < -0.3 is 9.80 Å². The number of hydrogen-bond acceptors (Lipinski definition) is 5. The first-order valence-electron chi connectivity index (χ1n) is 8.13. The molecule has 0 unspecified atom stereocenters. The van der Waals surface area contributed by atoms with Crippen molar-refractivity contribution in [3.63, 3.8) is 0 Å². The Labute approximate surface area is 136 Å². The van der Waals surface area contributed by atoms with Gasteiger partial charge in [0, 0.05) is 44.6 Å². The van der Waals surface area contributed by atoms with E-state index in [0.29, 0.717) is 5.92 Å². The third kappa shape index (κ3) is 3.91. The maximum absolute atomic E-state index is 11.5. The van der Waals surface area contributed by atoms with Crippen LogP contribution in [0.4, 0.5) is 5.82 Å². The smallest absolute Gasteiger partial charge is 0.219 e. The highest BCUT2D eigenvalue weighted by Crippen LogP contribution is 2.21. The molecule has 2 aliphatic heterocycles. The topological polar surface area (TPSA) is 49.3 Å². The SMILES string of the molecule is CC(=O)N1CCC[C@@H](Cc2ccc(N3CCSCC3)nn2)C1. The summed E-state index contributed by atoms with van der Waals surface area (Å²) in [5, 5.41) is 8.82. The van der Waals surface area contributed by atoms with E-state index in [1.807, 2.05) is 16.7 Å². The molecule has 5 nitrogen and oxygen atoms in total. The number of likely N-dealkylation sites (tertiary alicyclic amines) is 1. The highest BCUT2D eigenvalue weighted by atomic mass is 32.2. The van der Waals surface area contributed by atoms with E-state index in [-0.39, 0.29) is 5.91 Å². The molecule has 0 N–H and O–H groups in total. The third-order valence-corrected chi connectivity index (χ3v) is 5.45. The maximum Gasteiger partial charge on any atom is 0.219 e. The zero-order valence-electron chi connectivity index (χ0n) is 13.2. The molecule has 0 bridgehead atoms. The van der Waals surface area contributed by atoms with Crippen LogP contribution in [-0.2, 0) is 11.2 Å². The Bertz CT molecular complexity index is 501. The summed E-state index contributed by atoms with van der Waals surface area (Å²) in [6.07, 6.45) is 3.20. The summed E-state index contributed by atoms with van der Waals surface area (Å²) in [5.74, 6) is 4.05. The van der Waals surface area contributed by atoms with Crippen molar-refractivity contribution in [2.75, 3.05) is 42.6 Å². The summed E-state index contributed by atoms with van der Waals surface area (Å²) >= 11 is 2.00. The molecule has 2 saturated heterocycles. The average Bonchev–Trinajstić information content (AvgIpc) is 2.56. The summed E-state index contributed by atoms with van der Waals surface area (Å²) in [6.45, 7) is 5.56. The molecule has 6 heteroatoms.